The molecule has 5 heteroatoms. The maximum Gasteiger partial charge on any atom is 0.153 e. The van der Waals surface area contributed by atoms with E-state index in [1.54, 1.807) is 4.52 Å². The van der Waals surface area contributed by atoms with Gasteiger partial charge in [-0.1, -0.05) is 20.8 Å². The molecular weight excluding hydrogens is 226 g/mol. The number of aromatic nitrogens is 3. The number of anilines is 1. The summed E-state index contributed by atoms with van der Waals surface area (Å²) >= 11 is 0. The zero-order valence-corrected chi connectivity index (χ0v) is 11.3. The fraction of sp³-hybridized carbons (Fsp3) is 0.538. The average molecular weight is 247 g/mol. The van der Waals surface area contributed by atoms with Crippen LogP contribution in [0.25, 0.3) is 5.65 Å². The predicted molar refractivity (Wildman–Crippen MR) is 73.7 cm³/mol. The van der Waals surface area contributed by atoms with Crippen LogP contribution < -0.4 is 11.1 Å². The average Bonchev–Trinajstić information content (AvgIpc) is 2.67. The van der Waals surface area contributed by atoms with Crippen molar-refractivity contribution in [3.8, 4) is 0 Å². The molecule has 0 bridgehead atoms. The van der Waals surface area contributed by atoms with Crippen molar-refractivity contribution in [2.45, 2.75) is 27.2 Å². The van der Waals surface area contributed by atoms with Crippen LogP contribution in [0.4, 0.5) is 5.82 Å². The molecule has 0 saturated heterocycles. The van der Waals surface area contributed by atoms with Gasteiger partial charge in [0.2, 0.25) is 0 Å². The fourth-order valence-electron chi connectivity index (χ4n) is 1.65. The van der Waals surface area contributed by atoms with Crippen LogP contribution in [0.15, 0.2) is 18.3 Å². The van der Waals surface area contributed by atoms with Crippen LogP contribution in [-0.2, 0) is 6.42 Å². The van der Waals surface area contributed by atoms with Gasteiger partial charge in [-0.2, -0.15) is 0 Å². The van der Waals surface area contributed by atoms with Crippen LogP contribution >= 0.6 is 0 Å². The molecule has 0 aromatic carbocycles. The zero-order chi connectivity index (χ0) is 13.2. The van der Waals surface area contributed by atoms with E-state index in [2.05, 4.69) is 36.2 Å². The minimum atomic E-state index is 0.232. The molecule has 0 aliphatic carbocycles. The Kier molecular flexibility index (Phi) is 3.52. The van der Waals surface area contributed by atoms with Crippen LogP contribution in [0.2, 0.25) is 0 Å². The summed E-state index contributed by atoms with van der Waals surface area (Å²) in [6, 6.07) is 3.93. The Morgan fingerprint density at radius 1 is 1.33 bits per heavy atom. The molecule has 3 N–H and O–H groups in total. The van der Waals surface area contributed by atoms with E-state index in [0.29, 0.717) is 6.54 Å². The number of hydrogen-bond donors (Lipinski definition) is 2. The van der Waals surface area contributed by atoms with Crippen molar-refractivity contribution >= 4 is 11.5 Å². The second kappa shape index (κ2) is 4.94. The van der Waals surface area contributed by atoms with E-state index in [-0.39, 0.29) is 5.41 Å². The van der Waals surface area contributed by atoms with Gasteiger partial charge in [-0.05, 0) is 24.1 Å². The zero-order valence-electron chi connectivity index (χ0n) is 11.3. The highest BCUT2D eigenvalue weighted by Gasteiger charge is 2.10. The lowest BCUT2D eigenvalue weighted by molar-refractivity contribution is 0.442. The smallest absolute Gasteiger partial charge is 0.153 e. The topological polar surface area (TPSA) is 68.2 Å². The predicted octanol–water partition coefficient (Wildman–Crippen LogP) is 1.69. The molecule has 0 radical (unpaired) electrons. The molecule has 18 heavy (non-hydrogen) atoms. The van der Waals surface area contributed by atoms with Gasteiger partial charge in [0.15, 0.2) is 5.65 Å². The molecule has 0 unspecified atom stereocenters. The van der Waals surface area contributed by atoms with E-state index < -0.39 is 0 Å². The number of nitrogens with one attached hydrogen (secondary N) is 1. The highest BCUT2D eigenvalue weighted by atomic mass is 15.3. The van der Waals surface area contributed by atoms with Crippen LogP contribution in [-0.4, -0.2) is 27.7 Å². The number of hydrogen-bond acceptors (Lipinski definition) is 4. The van der Waals surface area contributed by atoms with Crippen LogP contribution in [0.3, 0.4) is 0 Å². The molecule has 2 rings (SSSR count). The third-order valence-electron chi connectivity index (χ3n) is 2.57. The maximum absolute atomic E-state index is 5.53. The molecule has 5 nitrogen and oxygen atoms in total. The number of nitrogens with two attached hydrogens (primary N) is 1. The van der Waals surface area contributed by atoms with Gasteiger partial charge >= 0.3 is 0 Å². The molecule has 0 fully saturated rings. The summed E-state index contributed by atoms with van der Waals surface area (Å²) in [6.45, 7) is 8.06. The number of imidazole rings is 1. The molecule has 2 aromatic heterocycles. The van der Waals surface area contributed by atoms with Gasteiger partial charge in [-0.25, -0.2) is 9.50 Å². The molecule has 0 aliphatic rings. The largest absolute Gasteiger partial charge is 0.368 e. The lowest BCUT2D eigenvalue weighted by Gasteiger charge is -2.18. The van der Waals surface area contributed by atoms with Gasteiger partial charge in [0.25, 0.3) is 0 Å². The van der Waals surface area contributed by atoms with Crippen LogP contribution in [0, 0.1) is 5.41 Å². The summed E-state index contributed by atoms with van der Waals surface area (Å²) in [4.78, 5) is 4.45. The molecule has 0 saturated carbocycles. The number of nitrogens with zero attached hydrogens (tertiary/aromatic N) is 3. The molecule has 98 valence electrons. The summed E-state index contributed by atoms with van der Waals surface area (Å²) in [5.41, 5.74) is 7.60. The van der Waals surface area contributed by atoms with E-state index in [1.807, 2.05) is 18.3 Å². The van der Waals surface area contributed by atoms with Gasteiger partial charge in [0, 0.05) is 13.0 Å². The Balaban J connectivity index is 2.16. The molecule has 0 aliphatic heterocycles. The fourth-order valence-corrected chi connectivity index (χ4v) is 1.65. The van der Waals surface area contributed by atoms with Gasteiger partial charge < -0.3 is 11.1 Å². The van der Waals surface area contributed by atoms with Crippen molar-refractivity contribution < 1.29 is 0 Å². The normalized spacial score (nSPS) is 12.0. The highest BCUT2D eigenvalue weighted by Crippen LogP contribution is 2.14. The van der Waals surface area contributed by atoms with Crippen molar-refractivity contribution in [2.24, 2.45) is 11.1 Å². The van der Waals surface area contributed by atoms with Crippen LogP contribution in [0.5, 0.6) is 0 Å². The van der Waals surface area contributed by atoms with E-state index in [4.69, 9.17) is 5.73 Å². The Hall–Kier alpha value is -1.62. The van der Waals surface area contributed by atoms with E-state index in [9.17, 15) is 0 Å². The summed E-state index contributed by atoms with van der Waals surface area (Å²) in [5, 5.41) is 7.82. The molecular formula is C13H21N5. The minimum Gasteiger partial charge on any atom is -0.368 e. The summed E-state index contributed by atoms with van der Waals surface area (Å²) < 4.78 is 1.80. The van der Waals surface area contributed by atoms with Crippen LogP contribution in [0.1, 0.15) is 26.5 Å². The molecule has 2 aromatic rings. The highest BCUT2D eigenvalue weighted by molar-refractivity contribution is 5.45. The Bertz CT molecular complexity index is 524. The maximum atomic E-state index is 5.53. The number of rotatable bonds is 4. The van der Waals surface area contributed by atoms with Gasteiger partial charge in [-0.3, -0.25) is 0 Å². The molecule has 0 amide bonds. The van der Waals surface area contributed by atoms with Crippen molar-refractivity contribution in [2.75, 3.05) is 18.4 Å². The first-order valence-electron chi connectivity index (χ1n) is 6.27. The Morgan fingerprint density at radius 2 is 2.11 bits per heavy atom. The standard InChI is InChI=1S/C13H21N5/c1-13(2,3)9-15-11-4-5-12-16-10(6-7-14)8-18(12)17-11/h4-5,8H,6-7,9,14H2,1-3H3,(H,15,17). The van der Waals surface area contributed by atoms with Crippen molar-refractivity contribution in [1.29, 1.82) is 0 Å². The second-order valence-electron chi connectivity index (χ2n) is 5.71. The summed E-state index contributed by atoms with van der Waals surface area (Å²) in [6.07, 6.45) is 2.72. The van der Waals surface area contributed by atoms with Gasteiger partial charge in [-0.15, -0.1) is 5.10 Å². The minimum absolute atomic E-state index is 0.232. The first-order chi connectivity index (χ1) is 8.48. The van der Waals surface area contributed by atoms with E-state index >= 15 is 0 Å². The summed E-state index contributed by atoms with van der Waals surface area (Å²) in [7, 11) is 0. The van der Waals surface area contributed by atoms with Crippen molar-refractivity contribution in [1.82, 2.24) is 14.6 Å². The lowest BCUT2D eigenvalue weighted by atomic mass is 9.97. The van der Waals surface area contributed by atoms with Crippen molar-refractivity contribution in [3.63, 3.8) is 0 Å². The number of fused-ring (bicyclic) bond motifs is 1. The molecule has 0 atom stereocenters. The Morgan fingerprint density at radius 3 is 2.78 bits per heavy atom. The van der Waals surface area contributed by atoms with E-state index in [1.165, 1.54) is 0 Å². The molecule has 0 spiro atoms. The van der Waals surface area contributed by atoms with Crippen molar-refractivity contribution in [3.05, 3.63) is 24.0 Å². The first-order valence-corrected chi connectivity index (χ1v) is 6.27. The lowest BCUT2D eigenvalue weighted by Crippen LogP contribution is -2.19. The van der Waals surface area contributed by atoms with Gasteiger partial charge in [0.05, 0.1) is 11.9 Å². The first kappa shape index (κ1) is 12.8. The third-order valence-corrected chi connectivity index (χ3v) is 2.57. The monoisotopic (exact) mass is 247 g/mol. The van der Waals surface area contributed by atoms with E-state index in [0.717, 1.165) is 30.1 Å². The quantitative estimate of drug-likeness (QED) is 0.862. The SMILES string of the molecule is CC(C)(C)CNc1ccc2nc(CCN)cn2n1. The third kappa shape index (κ3) is 3.20. The van der Waals surface area contributed by atoms with Gasteiger partial charge in [0.1, 0.15) is 5.82 Å². The molecule has 2 heterocycles. The summed E-state index contributed by atoms with van der Waals surface area (Å²) in [5.74, 6) is 0.870. The Labute approximate surface area is 107 Å². The second-order valence-corrected chi connectivity index (χ2v) is 5.71.